The van der Waals surface area contributed by atoms with Crippen LogP contribution in [0, 0.1) is 0 Å². The predicted molar refractivity (Wildman–Crippen MR) is 112 cm³/mol. The zero-order chi connectivity index (χ0) is 22.0. The third-order valence-electron chi connectivity index (χ3n) is 6.01. The Morgan fingerprint density at radius 1 is 1.16 bits per heavy atom. The number of alkyl halides is 3. The first-order chi connectivity index (χ1) is 14.8. The molecule has 5 nitrogen and oxygen atoms in total. The molecule has 0 radical (unpaired) electrons. The number of carbonyl (C=O) groups is 1. The van der Waals surface area contributed by atoms with Gasteiger partial charge in [-0.05, 0) is 60.7 Å². The number of rotatable bonds is 6. The number of aromatic nitrogens is 1. The van der Waals surface area contributed by atoms with E-state index in [0.717, 1.165) is 53.7 Å². The summed E-state index contributed by atoms with van der Waals surface area (Å²) < 4.78 is 42.0. The molecular weight excluding hydrogens is 407 g/mol. The number of ether oxygens (including phenoxy) is 1. The highest BCUT2D eigenvalue weighted by Gasteiger charge is 2.30. The molecule has 0 unspecified atom stereocenters. The molecule has 2 aliphatic rings. The second kappa shape index (κ2) is 8.96. The average Bonchev–Trinajstić information content (AvgIpc) is 3.16. The van der Waals surface area contributed by atoms with Gasteiger partial charge in [-0.3, -0.25) is 14.7 Å². The third kappa shape index (κ3) is 5.25. The van der Waals surface area contributed by atoms with Gasteiger partial charge in [0.05, 0.1) is 6.61 Å². The summed E-state index contributed by atoms with van der Waals surface area (Å²) in [5, 5.41) is 0. The zero-order valence-electron chi connectivity index (χ0n) is 17.5. The van der Waals surface area contributed by atoms with Crippen LogP contribution in [0.25, 0.3) is 11.1 Å². The van der Waals surface area contributed by atoms with Crippen LogP contribution in [0.2, 0.25) is 0 Å². The summed E-state index contributed by atoms with van der Waals surface area (Å²) in [5.74, 6) is 0.128. The molecule has 1 aromatic carbocycles. The Labute approximate surface area is 179 Å². The van der Waals surface area contributed by atoms with Crippen molar-refractivity contribution in [1.29, 1.82) is 0 Å². The first-order valence-electron chi connectivity index (χ1n) is 10.5. The van der Waals surface area contributed by atoms with Gasteiger partial charge in [0.1, 0.15) is 6.61 Å². The summed E-state index contributed by atoms with van der Waals surface area (Å²) >= 11 is 0. The number of nitrogens with zero attached hydrogens (tertiary/aromatic N) is 3. The van der Waals surface area contributed by atoms with Crippen molar-refractivity contribution in [3.05, 3.63) is 47.8 Å². The monoisotopic (exact) mass is 433 g/mol. The molecule has 1 saturated heterocycles. The van der Waals surface area contributed by atoms with Gasteiger partial charge in [-0.2, -0.15) is 13.2 Å². The fourth-order valence-corrected chi connectivity index (χ4v) is 4.41. The predicted octanol–water partition coefficient (Wildman–Crippen LogP) is 4.20. The Morgan fingerprint density at radius 3 is 2.81 bits per heavy atom. The van der Waals surface area contributed by atoms with Gasteiger partial charge in [0.2, 0.25) is 5.91 Å². The van der Waals surface area contributed by atoms with Gasteiger partial charge in [-0.1, -0.05) is 6.07 Å². The van der Waals surface area contributed by atoms with Gasteiger partial charge < -0.3 is 9.64 Å². The second-order valence-electron chi connectivity index (χ2n) is 8.27. The van der Waals surface area contributed by atoms with Gasteiger partial charge in [0.15, 0.2) is 0 Å². The van der Waals surface area contributed by atoms with Crippen LogP contribution in [-0.4, -0.2) is 54.8 Å². The molecule has 0 aliphatic carbocycles. The van der Waals surface area contributed by atoms with E-state index < -0.39 is 12.8 Å². The summed E-state index contributed by atoms with van der Waals surface area (Å²) in [6, 6.07) is 8.16. The Morgan fingerprint density at radius 2 is 2.00 bits per heavy atom. The molecule has 8 heteroatoms. The Hall–Kier alpha value is -2.45. The summed E-state index contributed by atoms with van der Waals surface area (Å²) in [6.07, 6.45) is 2.35. The molecule has 4 rings (SSSR count). The Balaban J connectivity index is 1.45. The summed E-state index contributed by atoms with van der Waals surface area (Å²) in [5.41, 5.74) is 5.14. The minimum Gasteiger partial charge on any atom is -0.370 e. The highest BCUT2D eigenvalue weighted by Crippen LogP contribution is 2.32. The SMILES string of the molecule is CN1C(=O)CCc2cc(-c3cncc(CN4CCC[C@H]4COCC(F)(F)F)c3)ccc21. The fraction of sp³-hybridized carbons (Fsp3) is 0.478. The number of fused-ring (bicyclic) bond motifs is 1. The summed E-state index contributed by atoms with van der Waals surface area (Å²) in [6.45, 7) is 0.351. The number of hydrogen-bond acceptors (Lipinski definition) is 4. The maximum atomic E-state index is 12.4. The number of hydrogen-bond donors (Lipinski definition) is 0. The van der Waals surface area contributed by atoms with Crippen molar-refractivity contribution in [2.45, 2.75) is 44.4 Å². The van der Waals surface area contributed by atoms with Crippen molar-refractivity contribution in [1.82, 2.24) is 9.88 Å². The van der Waals surface area contributed by atoms with Crippen LogP contribution in [0.3, 0.4) is 0 Å². The van der Waals surface area contributed by atoms with Crippen molar-refractivity contribution in [3.8, 4) is 11.1 Å². The number of carbonyl (C=O) groups excluding carboxylic acids is 1. The lowest BCUT2D eigenvalue weighted by molar-refractivity contribution is -0.176. The van der Waals surface area contributed by atoms with E-state index in [2.05, 4.69) is 22.0 Å². The quantitative estimate of drug-likeness (QED) is 0.685. The van der Waals surface area contributed by atoms with Crippen molar-refractivity contribution < 1.29 is 22.7 Å². The number of pyridine rings is 1. The highest BCUT2D eigenvalue weighted by molar-refractivity contribution is 5.96. The van der Waals surface area contributed by atoms with Crippen LogP contribution < -0.4 is 4.90 Å². The van der Waals surface area contributed by atoms with Crippen molar-refractivity contribution in [3.63, 3.8) is 0 Å². The molecule has 166 valence electrons. The van der Waals surface area contributed by atoms with E-state index in [4.69, 9.17) is 4.74 Å². The van der Waals surface area contributed by atoms with Crippen LogP contribution in [0.5, 0.6) is 0 Å². The minimum atomic E-state index is -4.29. The van der Waals surface area contributed by atoms with E-state index in [1.54, 1.807) is 18.1 Å². The van der Waals surface area contributed by atoms with Crippen molar-refractivity contribution in [2.24, 2.45) is 0 Å². The van der Waals surface area contributed by atoms with Crippen molar-refractivity contribution in [2.75, 3.05) is 31.7 Å². The molecule has 1 amide bonds. The standard InChI is InChI=1S/C23H26F3N3O2/c1-28-21-6-4-17(10-18(21)5-7-22(28)30)19-9-16(11-27-12-19)13-29-8-2-3-20(29)14-31-15-23(24,25)26/h4,6,9-12,20H,2-3,5,7-8,13-15H2,1H3/t20-/m0/s1. The molecule has 0 saturated carbocycles. The fourth-order valence-electron chi connectivity index (χ4n) is 4.41. The number of halogens is 3. The molecule has 1 aromatic heterocycles. The van der Waals surface area contributed by atoms with E-state index >= 15 is 0 Å². The smallest absolute Gasteiger partial charge is 0.370 e. The molecule has 0 spiro atoms. The molecule has 31 heavy (non-hydrogen) atoms. The van der Waals surface area contributed by atoms with E-state index in [1.807, 2.05) is 18.3 Å². The topological polar surface area (TPSA) is 45.7 Å². The van der Waals surface area contributed by atoms with Crippen LogP contribution in [0.15, 0.2) is 36.7 Å². The molecule has 0 N–H and O–H groups in total. The molecule has 1 fully saturated rings. The lowest BCUT2D eigenvalue weighted by atomic mass is 9.96. The molecular formula is C23H26F3N3O2. The summed E-state index contributed by atoms with van der Waals surface area (Å²) in [7, 11) is 1.80. The highest BCUT2D eigenvalue weighted by atomic mass is 19.4. The van der Waals surface area contributed by atoms with E-state index in [9.17, 15) is 18.0 Å². The maximum Gasteiger partial charge on any atom is 0.411 e. The van der Waals surface area contributed by atoms with Crippen molar-refractivity contribution >= 4 is 11.6 Å². The first kappa shape index (κ1) is 21.8. The zero-order valence-corrected chi connectivity index (χ0v) is 17.5. The van der Waals surface area contributed by atoms with Gasteiger partial charge >= 0.3 is 6.18 Å². The van der Waals surface area contributed by atoms with Crippen LogP contribution in [-0.2, 0) is 22.5 Å². The number of benzene rings is 1. The van der Waals surface area contributed by atoms with E-state index in [-0.39, 0.29) is 18.6 Å². The summed E-state index contributed by atoms with van der Waals surface area (Å²) in [4.78, 5) is 20.2. The second-order valence-corrected chi connectivity index (χ2v) is 8.27. The van der Waals surface area contributed by atoms with Crippen LogP contribution >= 0.6 is 0 Å². The molecule has 3 heterocycles. The lowest BCUT2D eigenvalue weighted by Crippen LogP contribution is -2.34. The number of aryl methyl sites for hydroxylation is 1. The van der Waals surface area contributed by atoms with Gasteiger partial charge in [0.25, 0.3) is 0 Å². The Bertz CT molecular complexity index is 948. The van der Waals surface area contributed by atoms with Gasteiger partial charge in [-0.15, -0.1) is 0 Å². The molecule has 0 bridgehead atoms. The number of likely N-dealkylation sites (tertiary alicyclic amines) is 1. The number of amides is 1. The molecule has 1 atom stereocenters. The third-order valence-corrected chi connectivity index (χ3v) is 6.01. The maximum absolute atomic E-state index is 12.4. The normalized spacial score (nSPS) is 19.7. The van der Waals surface area contributed by atoms with E-state index in [0.29, 0.717) is 13.0 Å². The Kier molecular flexibility index (Phi) is 6.29. The van der Waals surface area contributed by atoms with E-state index in [1.165, 1.54) is 0 Å². The average molecular weight is 433 g/mol. The van der Waals surface area contributed by atoms with Crippen LogP contribution in [0.1, 0.15) is 30.4 Å². The van der Waals surface area contributed by atoms with Gasteiger partial charge in [-0.25, -0.2) is 0 Å². The lowest BCUT2D eigenvalue weighted by Gasteiger charge is -2.26. The largest absolute Gasteiger partial charge is 0.411 e. The first-order valence-corrected chi connectivity index (χ1v) is 10.5. The molecule has 2 aromatic rings. The minimum absolute atomic E-state index is 0.0113. The number of anilines is 1. The van der Waals surface area contributed by atoms with Crippen LogP contribution in [0.4, 0.5) is 18.9 Å². The molecule has 2 aliphatic heterocycles. The van der Waals surface area contributed by atoms with Gasteiger partial charge in [0, 0.05) is 49.7 Å².